The third kappa shape index (κ3) is 4.23. The number of aryl methyl sites for hydroxylation is 1. The molecule has 0 saturated carbocycles. The number of methoxy groups -OCH3 is 2. The monoisotopic (exact) mass is 236 g/mol. The van der Waals surface area contributed by atoms with Crippen molar-refractivity contribution in [2.75, 3.05) is 20.8 Å². The van der Waals surface area contributed by atoms with E-state index in [0.29, 0.717) is 6.61 Å². The van der Waals surface area contributed by atoms with E-state index in [1.165, 1.54) is 0 Å². The second-order valence-electron chi connectivity index (χ2n) is 3.36. The number of ether oxygens (including phenoxy) is 2. The van der Waals surface area contributed by atoms with Crippen molar-refractivity contribution in [3.8, 4) is 17.6 Å². The summed E-state index contributed by atoms with van der Waals surface area (Å²) in [5.41, 5.74) is 1.15. The molecule has 1 aromatic rings. The molecule has 0 atom stereocenters. The minimum absolute atomic E-state index is 0.573. The van der Waals surface area contributed by atoms with Gasteiger partial charge in [0, 0.05) is 0 Å². The lowest BCUT2D eigenvalue weighted by Crippen LogP contribution is -1.92. The van der Waals surface area contributed by atoms with E-state index in [4.69, 9.17) is 14.3 Å². The van der Waals surface area contributed by atoms with Gasteiger partial charge < -0.3 is 9.47 Å². The van der Waals surface area contributed by atoms with Crippen molar-refractivity contribution in [3.05, 3.63) is 28.8 Å². The number of hydrogen-bond donors (Lipinski definition) is 0. The van der Waals surface area contributed by atoms with E-state index in [1.54, 1.807) is 14.2 Å². The molecule has 0 heterocycles. The van der Waals surface area contributed by atoms with Crippen molar-refractivity contribution in [1.82, 2.24) is 0 Å². The maximum atomic E-state index is 5.23. The first-order valence-corrected chi connectivity index (χ1v) is 5.57. The van der Waals surface area contributed by atoms with Gasteiger partial charge in [-0.2, -0.15) is 4.84 Å². The van der Waals surface area contributed by atoms with Gasteiger partial charge in [0.05, 0.1) is 20.6 Å². The van der Waals surface area contributed by atoms with Crippen LogP contribution >= 0.6 is 0 Å². The zero-order valence-corrected chi connectivity index (χ0v) is 10.5. The predicted molar refractivity (Wildman–Crippen MR) is 66.7 cm³/mol. The molecule has 0 aliphatic carbocycles. The molecule has 0 aliphatic rings. The van der Waals surface area contributed by atoms with Crippen molar-refractivity contribution in [2.45, 2.75) is 19.8 Å². The standard InChI is InChI=1S/C13H18NO3/c1-4-17-14-9-5-6-11-7-8-12(15-2)13(10-11)16-3/h7-8,10H,4-6H2,1-3H3/q+1. The molecule has 92 valence electrons. The number of rotatable bonds is 5. The lowest BCUT2D eigenvalue weighted by Gasteiger charge is -2.08. The highest BCUT2D eigenvalue weighted by Gasteiger charge is 2.04. The van der Waals surface area contributed by atoms with E-state index < -0.39 is 0 Å². The van der Waals surface area contributed by atoms with Crippen molar-refractivity contribution < 1.29 is 14.3 Å². The van der Waals surface area contributed by atoms with Crippen molar-refractivity contribution in [1.29, 1.82) is 0 Å². The van der Waals surface area contributed by atoms with Crippen LogP contribution in [-0.2, 0) is 11.3 Å². The zero-order chi connectivity index (χ0) is 12.5. The highest BCUT2D eigenvalue weighted by molar-refractivity contribution is 5.42. The molecule has 0 N–H and O–H groups in total. The third-order valence-electron chi connectivity index (χ3n) is 2.23. The molecule has 0 spiro atoms. The van der Waals surface area contributed by atoms with E-state index in [1.807, 2.05) is 25.1 Å². The predicted octanol–water partition coefficient (Wildman–Crippen LogP) is 2.92. The molecule has 1 aromatic carbocycles. The summed E-state index contributed by atoms with van der Waals surface area (Å²) in [5.74, 6) is 1.48. The Morgan fingerprint density at radius 1 is 1.18 bits per heavy atom. The van der Waals surface area contributed by atoms with Crippen LogP contribution in [0.1, 0.15) is 18.9 Å². The molecule has 1 rings (SSSR count). The highest BCUT2D eigenvalue weighted by atomic mass is 16.6. The average Bonchev–Trinajstić information content (AvgIpc) is 2.38. The first-order chi connectivity index (χ1) is 8.31. The topological polar surface area (TPSA) is 32.0 Å². The van der Waals surface area contributed by atoms with Gasteiger partial charge in [-0.3, -0.25) is 0 Å². The normalized spacial score (nSPS) is 9.12. The van der Waals surface area contributed by atoms with E-state index in [9.17, 15) is 0 Å². The molecule has 0 unspecified atom stereocenters. The molecule has 17 heavy (non-hydrogen) atoms. The lowest BCUT2D eigenvalue weighted by molar-refractivity contribution is 0.262. The fraction of sp³-hybridized carbons (Fsp3) is 0.462. The van der Waals surface area contributed by atoms with Gasteiger partial charge in [-0.15, -0.1) is 0 Å². The Balaban J connectivity index is 2.58. The third-order valence-corrected chi connectivity index (χ3v) is 2.23. The van der Waals surface area contributed by atoms with Gasteiger partial charge in [0.1, 0.15) is 0 Å². The van der Waals surface area contributed by atoms with E-state index in [-0.39, 0.29) is 0 Å². The number of hydrogen-bond acceptors (Lipinski definition) is 3. The largest absolute Gasteiger partial charge is 0.493 e. The van der Waals surface area contributed by atoms with Crippen LogP contribution in [-0.4, -0.2) is 20.8 Å². The molecule has 0 aliphatic heterocycles. The first kappa shape index (κ1) is 13.2. The summed E-state index contributed by atoms with van der Waals surface area (Å²) in [6, 6.07) is 8.69. The van der Waals surface area contributed by atoms with Crippen LogP contribution in [0.2, 0.25) is 0 Å². The van der Waals surface area contributed by atoms with Crippen LogP contribution < -0.4 is 9.47 Å². The van der Waals surface area contributed by atoms with Gasteiger partial charge in [-0.1, -0.05) is 6.07 Å². The number of benzene rings is 1. The SMILES string of the molecule is CCO[N+]#CCCc1ccc(OC)c(OC)c1. The first-order valence-electron chi connectivity index (χ1n) is 5.57. The van der Waals surface area contributed by atoms with Crippen molar-refractivity contribution >= 4 is 0 Å². The number of nitrogens with zero attached hydrogens (tertiary/aromatic N) is 1. The van der Waals surface area contributed by atoms with Crippen LogP contribution in [0.4, 0.5) is 0 Å². The van der Waals surface area contributed by atoms with Crippen LogP contribution in [0.25, 0.3) is 5.01 Å². The van der Waals surface area contributed by atoms with Gasteiger partial charge in [0.25, 0.3) is 0 Å². The van der Waals surface area contributed by atoms with Crippen molar-refractivity contribution in [3.63, 3.8) is 0 Å². The Morgan fingerprint density at radius 2 is 1.94 bits per heavy atom. The molecule has 0 saturated heterocycles. The smallest absolute Gasteiger partial charge is 0.350 e. The molecule has 4 nitrogen and oxygen atoms in total. The van der Waals surface area contributed by atoms with E-state index in [2.05, 4.69) is 11.1 Å². The summed E-state index contributed by atoms with van der Waals surface area (Å²) in [5, 5.41) is 3.68. The van der Waals surface area contributed by atoms with Crippen LogP contribution in [0.3, 0.4) is 0 Å². The maximum absolute atomic E-state index is 5.23. The molecular weight excluding hydrogens is 218 g/mol. The summed E-state index contributed by atoms with van der Waals surface area (Å²) in [4.78, 5) is 4.82. The Hall–Kier alpha value is -1.89. The maximum Gasteiger partial charge on any atom is 0.350 e. The molecule has 0 bridgehead atoms. The quantitative estimate of drug-likeness (QED) is 0.737. The summed E-state index contributed by atoms with van der Waals surface area (Å²) >= 11 is 0. The Bertz CT molecular complexity index is 407. The van der Waals surface area contributed by atoms with Gasteiger partial charge in [0.2, 0.25) is 5.01 Å². The Morgan fingerprint density at radius 3 is 2.59 bits per heavy atom. The molecule has 0 aromatic heterocycles. The summed E-state index contributed by atoms with van der Waals surface area (Å²) < 4.78 is 10.4. The van der Waals surface area contributed by atoms with Gasteiger partial charge in [-0.25, -0.2) is 0 Å². The summed E-state index contributed by atoms with van der Waals surface area (Å²) in [6.07, 6.45) is 1.56. The van der Waals surface area contributed by atoms with Crippen molar-refractivity contribution in [2.24, 2.45) is 0 Å². The van der Waals surface area contributed by atoms with E-state index >= 15 is 0 Å². The van der Waals surface area contributed by atoms with Crippen LogP contribution in [0.15, 0.2) is 18.2 Å². The fourth-order valence-corrected chi connectivity index (χ4v) is 1.39. The molecule has 4 heteroatoms. The molecule has 0 fully saturated rings. The lowest BCUT2D eigenvalue weighted by atomic mass is 10.1. The average molecular weight is 236 g/mol. The van der Waals surface area contributed by atoms with Gasteiger partial charge in [-0.05, 0) is 31.0 Å². The Kier molecular flexibility index (Phi) is 5.73. The second-order valence-corrected chi connectivity index (χ2v) is 3.36. The van der Waals surface area contributed by atoms with Crippen LogP contribution in [0.5, 0.6) is 11.5 Å². The minimum Gasteiger partial charge on any atom is -0.493 e. The van der Waals surface area contributed by atoms with Crippen LogP contribution in [0, 0.1) is 6.07 Å². The minimum atomic E-state index is 0.573. The summed E-state index contributed by atoms with van der Waals surface area (Å²) in [7, 11) is 3.25. The fourth-order valence-electron chi connectivity index (χ4n) is 1.39. The summed E-state index contributed by atoms with van der Waals surface area (Å²) in [6.45, 7) is 2.46. The molecular formula is C13H18NO3+. The molecule has 0 amide bonds. The zero-order valence-electron chi connectivity index (χ0n) is 10.5. The van der Waals surface area contributed by atoms with Gasteiger partial charge in [0.15, 0.2) is 18.1 Å². The molecule has 0 radical (unpaired) electrons. The highest BCUT2D eigenvalue weighted by Crippen LogP contribution is 2.27. The Labute approximate surface area is 102 Å². The second kappa shape index (κ2) is 7.39. The van der Waals surface area contributed by atoms with Gasteiger partial charge >= 0.3 is 6.07 Å². The van der Waals surface area contributed by atoms with E-state index in [0.717, 1.165) is 29.9 Å².